The van der Waals surface area contributed by atoms with E-state index in [0.29, 0.717) is 29.4 Å². The molecule has 2 aromatic carbocycles. The minimum Gasteiger partial charge on any atom is -0.492 e. The van der Waals surface area contributed by atoms with Crippen LogP contribution < -0.4 is 20.7 Å². The molecular weight excluding hydrogens is 388 g/mol. The maximum Gasteiger partial charge on any atom is 0.353 e. The molecule has 3 rings (SSSR count). The van der Waals surface area contributed by atoms with Crippen LogP contribution in [0.4, 0.5) is 34.4 Å². The minimum atomic E-state index is -0.556. The molecule has 1 heterocycles. The average Bonchev–Trinajstić information content (AvgIpc) is 2.71. The molecule has 1 aromatic heterocycles. The van der Waals surface area contributed by atoms with Crippen LogP contribution in [0.2, 0.25) is 0 Å². The lowest BCUT2D eigenvalue weighted by Gasteiger charge is -2.13. The van der Waals surface area contributed by atoms with Gasteiger partial charge in [-0.2, -0.15) is 0 Å². The maximum absolute atomic E-state index is 11.8. The summed E-state index contributed by atoms with van der Waals surface area (Å²) >= 11 is 0. The summed E-state index contributed by atoms with van der Waals surface area (Å²) in [7, 11) is 0. The standard InChI is InChI=1S/C20H20N6O4/c1-3-30-17-7-5-4-6-16(17)25-20-18(26(28)29)19(21-12-22-20)24-15-10-8-14(9-11-15)23-13(2)27/h4-12H,3H2,1-2H3,(H,23,27)(H2,21,22,24,25). The van der Waals surface area contributed by atoms with Gasteiger partial charge in [-0.1, -0.05) is 12.1 Å². The van der Waals surface area contributed by atoms with E-state index in [1.807, 2.05) is 13.0 Å². The van der Waals surface area contributed by atoms with Gasteiger partial charge in [0.1, 0.15) is 12.1 Å². The third kappa shape index (κ3) is 4.98. The van der Waals surface area contributed by atoms with Crippen molar-refractivity contribution in [1.82, 2.24) is 9.97 Å². The molecule has 0 bridgehead atoms. The van der Waals surface area contributed by atoms with Gasteiger partial charge in [-0.15, -0.1) is 0 Å². The molecule has 0 saturated heterocycles. The number of aromatic nitrogens is 2. The lowest BCUT2D eigenvalue weighted by Crippen LogP contribution is -2.07. The van der Waals surface area contributed by atoms with Crippen LogP contribution in [0.1, 0.15) is 13.8 Å². The Balaban J connectivity index is 1.90. The zero-order valence-electron chi connectivity index (χ0n) is 16.4. The third-order valence-corrected chi connectivity index (χ3v) is 3.91. The molecule has 10 heteroatoms. The second-order valence-corrected chi connectivity index (χ2v) is 6.11. The second-order valence-electron chi connectivity index (χ2n) is 6.11. The number of nitrogens with one attached hydrogen (secondary N) is 3. The van der Waals surface area contributed by atoms with Crippen LogP contribution in [0, 0.1) is 10.1 Å². The number of carbonyl (C=O) groups excluding carboxylic acids is 1. The molecule has 0 aliphatic rings. The highest BCUT2D eigenvalue weighted by Crippen LogP contribution is 2.35. The summed E-state index contributed by atoms with van der Waals surface area (Å²) in [6.07, 6.45) is 1.23. The number of carbonyl (C=O) groups is 1. The number of hydrogen-bond acceptors (Lipinski definition) is 8. The van der Waals surface area contributed by atoms with Crippen molar-refractivity contribution < 1.29 is 14.5 Å². The summed E-state index contributed by atoms with van der Waals surface area (Å²) < 4.78 is 5.55. The van der Waals surface area contributed by atoms with Gasteiger partial charge < -0.3 is 20.7 Å². The van der Waals surface area contributed by atoms with E-state index in [2.05, 4.69) is 25.9 Å². The van der Waals surface area contributed by atoms with Crippen molar-refractivity contribution in [3.05, 3.63) is 65.0 Å². The fourth-order valence-corrected chi connectivity index (χ4v) is 2.69. The molecule has 3 N–H and O–H groups in total. The van der Waals surface area contributed by atoms with Crippen LogP contribution in [0.3, 0.4) is 0 Å². The third-order valence-electron chi connectivity index (χ3n) is 3.91. The van der Waals surface area contributed by atoms with Gasteiger partial charge in [0.25, 0.3) is 0 Å². The number of amides is 1. The Kier molecular flexibility index (Phi) is 6.38. The van der Waals surface area contributed by atoms with E-state index >= 15 is 0 Å². The fourth-order valence-electron chi connectivity index (χ4n) is 2.69. The van der Waals surface area contributed by atoms with Gasteiger partial charge in [0.05, 0.1) is 17.2 Å². The van der Waals surface area contributed by atoms with E-state index in [1.165, 1.54) is 13.3 Å². The maximum atomic E-state index is 11.8. The number of nitro groups is 1. The lowest BCUT2D eigenvalue weighted by molar-refractivity contribution is -0.383. The van der Waals surface area contributed by atoms with Crippen molar-refractivity contribution in [3.8, 4) is 5.75 Å². The predicted octanol–water partition coefficient (Wildman–Crippen LogP) is 4.23. The summed E-state index contributed by atoms with van der Waals surface area (Å²) in [6.45, 7) is 3.71. The first kappa shape index (κ1) is 20.5. The predicted molar refractivity (Wildman–Crippen MR) is 114 cm³/mol. The van der Waals surface area contributed by atoms with Gasteiger partial charge in [-0.3, -0.25) is 14.9 Å². The Morgan fingerprint density at radius 3 is 2.30 bits per heavy atom. The Morgan fingerprint density at radius 1 is 1.03 bits per heavy atom. The highest BCUT2D eigenvalue weighted by atomic mass is 16.6. The van der Waals surface area contributed by atoms with Crippen LogP contribution in [-0.4, -0.2) is 27.4 Å². The van der Waals surface area contributed by atoms with E-state index in [0.717, 1.165) is 0 Å². The minimum absolute atomic E-state index is 0.0265. The molecule has 1 amide bonds. The number of hydrogen-bond donors (Lipinski definition) is 3. The molecule has 0 unspecified atom stereocenters. The first-order chi connectivity index (χ1) is 14.5. The number of anilines is 5. The van der Waals surface area contributed by atoms with Crippen LogP contribution in [0.15, 0.2) is 54.9 Å². The first-order valence-electron chi connectivity index (χ1n) is 9.11. The van der Waals surface area contributed by atoms with Crippen LogP contribution in [0.25, 0.3) is 0 Å². The summed E-state index contributed by atoms with van der Waals surface area (Å²) in [5.41, 5.74) is 1.41. The average molecular weight is 408 g/mol. The smallest absolute Gasteiger partial charge is 0.353 e. The van der Waals surface area contributed by atoms with E-state index in [9.17, 15) is 14.9 Å². The lowest BCUT2D eigenvalue weighted by atomic mass is 10.2. The normalized spacial score (nSPS) is 10.2. The monoisotopic (exact) mass is 408 g/mol. The number of para-hydroxylation sites is 2. The summed E-state index contributed by atoms with van der Waals surface area (Å²) in [5.74, 6) is 0.416. The zero-order valence-corrected chi connectivity index (χ0v) is 16.4. The van der Waals surface area contributed by atoms with Crippen LogP contribution >= 0.6 is 0 Å². The van der Waals surface area contributed by atoms with Crippen LogP contribution in [0.5, 0.6) is 5.75 Å². The van der Waals surface area contributed by atoms with Gasteiger partial charge in [0, 0.05) is 18.3 Å². The van der Waals surface area contributed by atoms with Crippen molar-refractivity contribution in [2.24, 2.45) is 0 Å². The quantitative estimate of drug-likeness (QED) is 0.373. The molecule has 0 fully saturated rings. The second kappa shape index (κ2) is 9.32. The number of nitrogens with zero attached hydrogens (tertiary/aromatic N) is 3. The van der Waals surface area contributed by atoms with E-state index in [4.69, 9.17) is 4.74 Å². The van der Waals surface area contributed by atoms with E-state index < -0.39 is 4.92 Å². The number of benzene rings is 2. The molecule has 0 radical (unpaired) electrons. The highest BCUT2D eigenvalue weighted by Gasteiger charge is 2.24. The molecule has 3 aromatic rings. The summed E-state index contributed by atoms with van der Waals surface area (Å²) in [4.78, 5) is 30.4. The van der Waals surface area contributed by atoms with Gasteiger partial charge >= 0.3 is 5.69 Å². The summed E-state index contributed by atoms with van der Waals surface area (Å²) in [6, 6.07) is 13.8. The van der Waals surface area contributed by atoms with Crippen molar-refractivity contribution in [2.45, 2.75) is 13.8 Å². The SMILES string of the molecule is CCOc1ccccc1Nc1ncnc(Nc2ccc(NC(C)=O)cc2)c1[N+](=O)[O-]. The van der Waals surface area contributed by atoms with Gasteiger partial charge in [0.15, 0.2) is 0 Å². The summed E-state index contributed by atoms with van der Waals surface area (Å²) in [5, 5.41) is 20.3. The molecule has 0 aliphatic heterocycles. The Morgan fingerprint density at radius 2 is 1.67 bits per heavy atom. The largest absolute Gasteiger partial charge is 0.492 e. The molecule has 10 nitrogen and oxygen atoms in total. The van der Waals surface area contributed by atoms with Crippen LogP contribution in [-0.2, 0) is 4.79 Å². The molecule has 0 atom stereocenters. The van der Waals surface area contributed by atoms with Gasteiger partial charge in [-0.05, 0) is 43.3 Å². The highest BCUT2D eigenvalue weighted by molar-refractivity contribution is 5.89. The Bertz CT molecular complexity index is 1060. The fraction of sp³-hybridized carbons (Fsp3) is 0.150. The van der Waals surface area contributed by atoms with Crippen molar-refractivity contribution in [2.75, 3.05) is 22.6 Å². The van der Waals surface area contributed by atoms with E-state index in [-0.39, 0.29) is 23.2 Å². The first-order valence-corrected chi connectivity index (χ1v) is 9.11. The van der Waals surface area contributed by atoms with Crippen molar-refractivity contribution in [3.63, 3.8) is 0 Å². The Labute approximate surface area is 172 Å². The molecule has 154 valence electrons. The van der Waals surface area contributed by atoms with Gasteiger partial charge in [-0.25, -0.2) is 9.97 Å². The molecular formula is C20H20N6O4. The number of ether oxygens (including phenoxy) is 1. The zero-order chi connectivity index (χ0) is 21.5. The van der Waals surface area contributed by atoms with Crippen molar-refractivity contribution in [1.29, 1.82) is 0 Å². The topological polar surface area (TPSA) is 131 Å². The Hall–Kier alpha value is -4.21. The van der Waals surface area contributed by atoms with E-state index in [1.54, 1.807) is 42.5 Å². The number of rotatable bonds is 8. The molecule has 0 aliphatic carbocycles. The molecule has 0 saturated carbocycles. The molecule has 30 heavy (non-hydrogen) atoms. The molecule has 0 spiro atoms. The van der Waals surface area contributed by atoms with Crippen molar-refractivity contribution >= 4 is 40.3 Å². The van der Waals surface area contributed by atoms with Gasteiger partial charge in [0.2, 0.25) is 17.5 Å².